The van der Waals surface area contributed by atoms with Gasteiger partial charge in [0.15, 0.2) is 0 Å². The number of nitrogens with one attached hydrogen (secondary N) is 1. The van der Waals surface area contributed by atoms with E-state index in [-0.39, 0.29) is 11.6 Å². The van der Waals surface area contributed by atoms with Crippen molar-refractivity contribution in [2.75, 3.05) is 11.4 Å². The number of hydrogen-bond acceptors (Lipinski definition) is 3. The minimum Gasteiger partial charge on any atom is -0.331 e. The molecule has 1 aromatic rings. The van der Waals surface area contributed by atoms with Crippen molar-refractivity contribution in [3.63, 3.8) is 0 Å². The summed E-state index contributed by atoms with van der Waals surface area (Å²) in [5, 5.41) is 2.89. The summed E-state index contributed by atoms with van der Waals surface area (Å²) in [5.74, 6) is 0.488. The largest absolute Gasteiger partial charge is 0.331 e. The predicted molar refractivity (Wildman–Crippen MR) is 61.4 cm³/mol. The molecule has 0 saturated carbocycles. The van der Waals surface area contributed by atoms with E-state index in [2.05, 4.69) is 15.3 Å². The average Bonchev–Trinajstić information content (AvgIpc) is 2.52. The van der Waals surface area contributed by atoms with Gasteiger partial charge in [-0.15, -0.1) is 0 Å². The molecule has 0 spiro atoms. The summed E-state index contributed by atoms with van der Waals surface area (Å²) in [4.78, 5) is 21.8. The zero-order valence-corrected chi connectivity index (χ0v) is 9.82. The number of carbonyl (C=O) groups excluding carboxylic acids is 1. The van der Waals surface area contributed by atoms with Crippen LogP contribution in [0.2, 0.25) is 0 Å². The molecule has 0 unspecified atom stereocenters. The highest BCUT2D eigenvalue weighted by molar-refractivity contribution is 5.93. The molecular formula is C11H16N4O. The van der Waals surface area contributed by atoms with Gasteiger partial charge in [0.05, 0.1) is 12.1 Å². The average molecular weight is 220 g/mol. The Bertz CT molecular complexity index is 416. The van der Waals surface area contributed by atoms with Crippen LogP contribution in [0.25, 0.3) is 0 Å². The lowest BCUT2D eigenvalue weighted by atomic mass is 10.1. The van der Waals surface area contributed by atoms with Gasteiger partial charge in [-0.25, -0.2) is 14.8 Å². The Hall–Kier alpha value is -1.65. The molecule has 5 nitrogen and oxygen atoms in total. The molecule has 1 aliphatic rings. The molecule has 1 saturated heterocycles. The molecule has 1 aliphatic heterocycles. The summed E-state index contributed by atoms with van der Waals surface area (Å²) >= 11 is 0. The monoisotopic (exact) mass is 220 g/mol. The van der Waals surface area contributed by atoms with Crippen LogP contribution in [-0.2, 0) is 6.42 Å². The van der Waals surface area contributed by atoms with Crippen LogP contribution in [0.15, 0.2) is 12.3 Å². The summed E-state index contributed by atoms with van der Waals surface area (Å²) in [5.41, 5.74) is 0.727. The van der Waals surface area contributed by atoms with Gasteiger partial charge in [-0.05, 0) is 26.3 Å². The van der Waals surface area contributed by atoms with Crippen LogP contribution in [0.5, 0.6) is 0 Å². The fourth-order valence-electron chi connectivity index (χ4n) is 1.74. The third kappa shape index (κ3) is 1.98. The minimum absolute atomic E-state index is 0.127. The molecular weight excluding hydrogens is 204 g/mol. The number of carbonyl (C=O) groups is 1. The quantitative estimate of drug-likeness (QED) is 0.818. The second kappa shape index (κ2) is 3.73. The Morgan fingerprint density at radius 1 is 1.56 bits per heavy atom. The lowest BCUT2D eigenvalue weighted by Gasteiger charge is -2.16. The second-order valence-electron chi connectivity index (χ2n) is 4.60. The summed E-state index contributed by atoms with van der Waals surface area (Å²) in [7, 11) is 0. The van der Waals surface area contributed by atoms with Gasteiger partial charge in [0.2, 0.25) is 5.95 Å². The standard InChI is InChI=1S/C11H16N4O/c1-4-8-5-6-12-9(13-8)15-7-11(2,3)14-10(15)16/h5-6H,4,7H2,1-3H3,(H,14,16). The van der Waals surface area contributed by atoms with E-state index in [9.17, 15) is 4.79 Å². The van der Waals surface area contributed by atoms with Crippen molar-refractivity contribution in [1.29, 1.82) is 0 Å². The topological polar surface area (TPSA) is 58.1 Å². The molecule has 1 N–H and O–H groups in total. The molecule has 2 amide bonds. The van der Waals surface area contributed by atoms with E-state index < -0.39 is 0 Å². The van der Waals surface area contributed by atoms with Crippen LogP contribution in [0.4, 0.5) is 10.7 Å². The number of hydrogen-bond donors (Lipinski definition) is 1. The van der Waals surface area contributed by atoms with Gasteiger partial charge in [0.25, 0.3) is 0 Å². The number of anilines is 1. The zero-order valence-electron chi connectivity index (χ0n) is 9.82. The highest BCUT2D eigenvalue weighted by Gasteiger charge is 2.36. The molecule has 0 atom stereocenters. The maximum atomic E-state index is 11.7. The van der Waals surface area contributed by atoms with Gasteiger partial charge in [-0.3, -0.25) is 4.90 Å². The van der Waals surface area contributed by atoms with E-state index in [0.717, 1.165) is 12.1 Å². The van der Waals surface area contributed by atoms with E-state index in [1.807, 2.05) is 26.8 Å². The third-order valence-electron chi connectivity index (χ3n) is 2.55. The number of urea groups is 1. The first-order chi connectivity index (χ1) is 7.52. The third-order valence-corrected chi connectivity index (χ3v) is 2.55. The fraction of sp³-hybridized carbons (Fsp3) is 0.545. The van der Waals surface area contributed by atoms with Gasteiger partial charge in [-0.2, -0.15) is 0 Å². The Kier molecular flexibility index (Phi) is 2.53. The summed E-state index contributed by atoms with van der Waals surface area (Å²) < 4.78 is 0. The number of rotatable bonds is 2. The van der Waals surface area contributed by atoms with Gasteiger partial charge >= 0.3 is 6.03 Å². The normalized spacial score (nSPS) is 18.7. The van der Waals surface area contributed by atoms with Crippen molar-refractivity contribution in [2.45, 2.75) is 32.7 Å². The molecule has 0 aromatic carbocycles. The first kappa shape index (κ1) is 10.9. The number of aromatic nitrogens is 2. The molecule has 2 heterocycles. The Balaban J connectivity index is 2.27. The summed E-state index contributed by atoms with van der Waals surface area (Å²) in [6.07, 6.45) is 2.54. The number of aryl methyl sites for hydroxylation is 1. The maximum Gasteiger partial charge on any atom is 0.324 e. The van der Waals surface area contributed by atoms with Gasteiger partial charge in [0.1, 0.15) is 0 Å². The molecule has 0 radical (unpaired) electrons. The van der Waals surface area contributed by atoms with Gasteiger partial charge in [-0.1, -0.05) is 6.92 Å². The molecule has 2 rings (SSSR count). The minimum atomic E-state index is -0.220. The van der Waals surface area contributed by atoms with E-state index in [1.165, 1.54) is 0 Å². The molecule has 5 heteroatoms. The Morgan fingerprint density at radius 2 is 2.31 bits per heavy atom. The van der Waals surface area contributed by atoms with Gasteiger partial charge in [0, 0.05) is 11.9 Å². The predicted octanol–water partition coefficient (Wildman–Crippen LogP) is 1.35. The molecule has 1 fully saturated rings. The second-order valence-corrected chi connectivity index (χ2v) is 4.60. The first-order valence-corrected chi connectivity index (χ1v) is 5.43. The van der Waals surface area contributed by atoms with Crippen LogP contribution in [0.1, 0.15) is 26.5 Å². The van der Waals surface area contributed by atoms with Crippen molar-refractivity contribution < 1.29 is 4.79 Å². The van der Waals surface area contributed by atoms with Crippen molar-refractivity contribution in [1.82, 2.24) is 15.3 Å². The molecule has 16 heavy (non-hydrogen) atoms. The van der Waals surface area contributed by atoms with E-state index >= 15 is 0 Å². The van der Waals surface area contributed by atoms with Crippen molar-refractivity contribution >= 4 is 12.0 Å². The molecule has 86 valence electrons. The van der Waals surface area contributed by atoms with Crippen LogP contribution >= 0.6 is 0 Å². The van der Waals surface area contributed by atoms with Crippen LogP contribution < -0.4 is 10.2 Å². The summed E-state index contributed by atoms with van der Waals surface area (Å²) in [6, 6.07) is 1.74. The van der Waals surface area contributed by atoms with E-state index in [0.29, 0.717) is 12.5 Å². The number of nitrogens with zero attached hydrogens (tertiary/aromatic N) is 3. The molecule has 1 aromatic heterocycles. The van der Waals surface area contributed by atoms with Gasteiger partial charge < -0.3 is 5.32 Å². The lowest BCUT2D eigenvalue weighted by Crippen LogP contribution is -2.36. The van der Waals surface area contributed by atoms with Crippen LogP contribution in [-0.4, -0.2) is 28.1 Å². The lowest BCUT2D eigenvalue weighted by molar-refractivity contribution is 0.248. The zero-order chi connectivity index (χ0) is 11.8. The SMILES string of the molecule is CCc1ccnc(N2CC(C)(C)NC2=O)n1. The van der Waals surface area contributed by atoms with Crippen molar-refractivity contribution in [3.05, 3.63) is 18.0 Å². The smallest absolute Gasteiger partial charge is 0.324 e. The molecule has 0 bridgehead atoms. The highest BCUT2D eigenvalue weighted by Crippen LogP contribution is 2.19. The Labute approximate surface area is 94.9 Å². The van der Waals surface area contributed by atoms with Crippen molar-refractivity contribution in [2.24, 2.45) is 0 Å². The van der Waals surface area contributed by atoms with Crippen LogP contribution in [0.3, 0.4) is 0 Å². The first-order valence-electron chi connectivity index (χ1n) is 5.43. The summed E-state index contributed by atoms with van der Waals surface area (Å²) in [6.45, 7) is 6.59. The van der Waals surface area contributed by atoms with Crippen molar-refractivity contribution in [3.8, 4) is 0 Å². The highest BCUT2D eigenvalue weighted by atomic mass is 16.2. The van der Waals surface area contributed by atoms with E-state index in [1.54, 1.807) is 11.1 Å². The fourth-order valence-corrected chi connectivity index (χ4v) is 1.74. The number of amides is 2. The van der Waals surface area contributed by atoms with E-state index in [4.69, 9.17) is 0 Å². The Morgan fingerprint density at radius 3 is 2.88 bits per heavy atom. The maximum absolute atomic E-state index is 11.7. The molecule has 0 aliphatic carbocycles. The van der Waals surface area contributed by atoms with Crippen LogP contribution in [0, 0.1) is 0 Å².